The van der Waals surface area contributed by atoms with Crippen molar-refractivity contribution in [2.24, 2.45) is 5.92 Å². The summed E-state index contributed by atoms with van der Waals surface area (Å²) in [7, 11) is 0. The monoisotopic (exact) mass is 150 g/mol. The molecule has 5 heteroatoms. The lowest BCUT2D eigenvalue weighted by Crippen LogP contribution is -2.35. The van der Waals surface area contributed by atoms with E-state index >= 15 is 0 Å². The molecule has 5 nitrogen and oxygen atoms in total. The van der Waals surface area contributed by atoms with Gasteiger partial charge in [0.25, 0.3) is 0 Å². The third-order valence-corrected chi connectivity index (χ3v) is 1.21. The minimum atomic E-state index is -1.99. The summed E-state index contributed by atoms with van der Waals surface area (Å²) in [4.78, 5) is 10.1. The highest BCUT2D eigenvalue weighted by molar-refractivity contribution is 5.70. The van der Waals surface area contributed by atoms with Gasteiger partial charge in [-0.15, -0.1) is 0 Å². The smallest absolute Gasteiger partial charge is 0.309 e. The molecule has 60 valence electrons. The maximum Gasteiger partial charge on any atom is 0.309 e. The van der Waals surface area contributed by atoms with Gasteiger partial charge in [-0.05, 0) is 6.92 Å². The number of aliphatic carboxylic acids is 1. The first-order valence-electron chi connectivity index (χ1n) is 2.74. The number of hydrogen-bond donors (Lipinski definition) is 4. The predicted molar refractivity (Wildman–Crippen MR) is 31.0 cm³/mol. The first-order valence-corrected chi connectivity index (χ1v) is 2.74. The largest absolute Gasteiger partial charge is 0.481 e. The molecule has 0 aromatic carbocycles. The van der Waals surface area contributed by atoms with Gasteiger partial charge in [0.15, 0.2) is 6.29 Å². The van der Waals surface area contributed by atoms with Crippen LogP contribution in [-0.2, 0) is 4.79 Å². The molecule has 10 heavy (non-hydrogen) atoms. The summed E-state index contributed by atoms with van der Waals surface area (Å²) < 4.78 is 0. The molecule has 0 heterocycles. The summed E-state index contributed by atoms with van der Waals surface area (Å²) in [5.74, 6) is -2.43. The molecular weight excluding hydrogens is 140 g/mol. The molecular formula is C5H10O5. The Hall–Kier alpha value is -0.650. The number of carboxylic acids is 1. The van der Waals surface area contributed by atoms with Crippen molar-refractivity contribution in [2.45, 2.75) is 19.3 Å². The Morgan fingerprint density at radius 1 is 1.30 bits per heavy atom. The van der Waals surface area contributed by atoms with Gasteiger partial charge in [0.1, 0.15) is 6.10 Å². The molecule has 0 rings (SSSR count). The standard InChI is InChI=1S/C5H10O5/c1-2(4(7)8)3(6)5(9)10/h2-3,5-6,9-10H,1H3,(H,7,8). The first-order chi connectivity index (χ1) is 4.46. The van der Waals surface area contributed by atoms with Crippen LogP contribution in [-0.4, -0.2) is 38.8 Å². The SMILES string of the molecule is CC(C(=O)O)C(O)C(O)O. The molecule has 0 aromatic heterocycles. The highest BCUT2D eigenvalue weighted by Crippen LogP contribution is 2.05. The lowest BCUT2D eigenvalue weighted by molar-refractivity contribution is -0.165. The van der Waals surface area contributed by atoms with Gasteiger partial charge in [-0.25, -0.2) is 0 Å². The second-order valence-electron chi connectivity index (χ2n) is 2.03. The van der Waals surface area contributed by atoms with Crippen molar-refractivity contribution < 1.29 is 25.2 Å². The van der Waals surface area contributed by atoms with E-state index in [0.29, 0.717) is 0 Å². The molecule has 0 spiro atoms. The lowest BCUT2D eigenvalue weighted by Gasteiger charge is -2.15. The quantitative estimate of drug-likeness (QED) is 0.362. The average molecular weight is 150 g/mol. The van der Waals surface area contributed by atoms with E-state index in [1.54, 1.807) is 0 Å². The van der Waals surface area contributed by atoms with E-state index in [2.05, 4.69) is 0 Å². The molecule has 0 aliphatic rings. The number of aliphatic hydroxyl groups excluding tert-OH is 2. The highest BCUT2D eigenvalue weighted by atomic mass is 16.5. The van der Waals surface area contributed by atoms with Gasteiger partial charge >= 0.3 is 5.97 Å². The van der Waals surface area contributed by atoms with Crippen molar-refractivity contribution in [1.29, 1.82) is 0 Å². The summed E-state index contributed by atoms with van der Waals surface area (Å²) in [5.41, 5.74) is 0. The number of carbonyl (C=O) groups is 1. The fourth-order valence-electron chi connectivity index (χ4n) is 0.404. The molecule has 2 atom stereocenters. The Morgan fingerprint density at radius 2 is 1.70 bits per heavy atom. The van der Waals surface area contributed by atoms with E-state index in [1.165, 1.54) is 6.92 Å². The van der Waals surface area contributed by atoms with Gasteiger partial charge in [-0.2, -0.15) is 0 Å². The molecule has 2 unspecified atom stereocenters. The Bertz CT molecular complexity index is 121. The molecule has 0 aliphatic heterocycles. The molecule has 0 bridgehead atoms. The van der Waals surface area contributed by atoms with Gasteiger partial charge < -0.3 is 20.4 Å². The summed E-state index contributed by atoms with van der Waals surface area (Å²) >= 11 is 0. The van der Waals surface area contributed by atoms with Crippen LogP contribution in [0.5, 0.6) is 0 Å². The van der Waals surface area contributed by atoms with Crippen molar-refractivity contribution in [3.63, 3.8) is 0 Å². The molecule has 0 amide bonds. The molecule has 4 N–H and O–H groups in total. The van der Waals surface area contributed by atoms with Crippen LogP contribution in [0.15, 0.2) is 0 Å². The van der Waals surface area contributed by atoms with E-state index < -0.39 is 24.3 Å². The van der Waals surface area contributed by atoms with E-state index in [9.17, 15) is 4.79 Å². The van der Waals surface area contributed by atoms with Gasteiger partial charge in [0.05, 0.1) is 5.92 Å². The Labute approximate surface area is 57.5 Å². The van der Waals surface area contributed by atoms with E-state index in [-0.39, 0.29) is 0 Å². The van der Waals surface area contributed by atoms with Gasteiger partial charge in [0, 0.05) is 0 Å². The van der Waals surface area contributed by atoms with Crippen molar-refractivity contribution in [2.75, 3.05) is 0 Å². The average Bonchev–Trinajstić information content (AvgIpc) is 1.84. The van der Waals surface area contributed by atoms with Crippen LogP contribution in [0, 0.1) is 5.92 Å². The van der Waals surface area contributed by atoms with E-state index in [0.717, 1.165) is 0 Å². The van der Waals surface area contributed by atoms with E-state index in [4.69, 9.17) is 20.4 Å². The van der Waals surface area contributed by atoms with Gasteiger partial charge in [-0.1, -0.05) is 0 Å². The minimum Gasteiger partial charge on any atom is -0.481 e. The number of aliphatic hydroxyl groups is 3. The molecule has 0 radical (unpaired) electrons. The molecule has 0 saturated heterocycles. The molecule has 0 aromatic rings. The summed E-state index contributed by atoms with van der Waals surface area (Å²) in [6.07, 6.45) is -3.62. The minimum absolute atomic E-state index is 1.17. The Balaban J connectivity index is 3.94. The summed E-state index contributed by atoms with van der Waals surface area (Å²) in [5, 5.41) is 33.5. The van der Waals surface area contributed by atoms with Crippen molar-refractivity contribution in [3.8, 4) is 0 Å². The van der Waals surface area contributed by atoms with Crippen LogP contribution in [0.1, 0.15) is 6.92 Å². The fourth-order valence-corrected chi connectivity index (χ4v) is 0.404. The third kappa shape index (κ3) is 2.30. The second-order valence-corrected chi connectivity index (χ2v) is 2.03. The summed E-state index contributed by atoms with van der Waals surface area (Å²) in [6, 6.07) is 0. The zero-order chi connectivity index (χ0) is 8.31. The van der Waals surface area contributed by atoms with Crippen LogP contribution < -0.4 is 0 Å². The lowest BCUT2D eigenvalue weighted by atomic mass is 10.1. The van der Waals surface area contributed by atoms with Crippen molar-refractivity contribution in [1.82, 2.24) is 0 Å². The van der Waals surface area contributed by atoms with Crippen LogP contribution in [0.4, 0.5) is 0 Å². The van der Waals surface area contributed by atoms with Crippen LogP contribution in [0.3, 0.4) is 0 Å². The second kappa shape index (κ2) is 3.50. The predicted octanol–water partition coefficient (Wildman–Crippen LogP) is -1.62. The Kier molecular flexibility index (Phi) is 3.27. The topological polar surface area (TPSA) is 98.0 Å². The van der Waals surface area contributed by atoms with Gasteiger partial charge in [0.2, 0.25) is 0 Å². The van der Waals surface area contributed by atoms with Gasteiger partial charge in [-0.3, -0.25) is 4.79 Å². The molecule has 0 saturated carbocycles. The highest BCUT2D eigenvalue weighted by Gasteiger charge is 2.26. The zero-order valence-electron chi connectivity index (χ0n) is 5.43. The summed E-state index contributed by atoms with van der Waals surface area (Å²) in [6.45, 7) is 1.19. The van der Waals surface area contributed by atoms with Crippen molar-refractivity contribution in [3.05, 3.63) is 0 Å². The fraction of sp³-hybridized carbons (Fsp3) is 0.800. The maximum absolute atomic E-state index is 10.1. The molecule has 0 aliphatic carbocycles. The first kappa shape index (κ1) is 9.35. The third-order valence-electron chi connectivity index (χ3n) is 1.21. The van der Waals surface area contributed by atoms with Crippen LogP contribution in [0.25, 0.3) is 0 Å². The Morgan fingerprint density at radius 3 is 1.80 bits per heavy atom. The number of rotatable bonds is 3. The number of hydrogen-bond acceptors (Lipinski definition) is 4. The zero-order valence-corrected chi connectivity index (χ0v) is 5.43. The normalized spacial score (nSPS) is 16.9. The van der Waals surface area contributed by atoms with Crippen molar-refractivity contribution >= 4 is 5.97 Å². The number of carboxylic acid groups (broad SMARTS) is 1. The van der Waals surface area contributed by atoms with Crippen LogP contribution in [0.2, 0.25) is 0 Å². The maximum atomic E-state index is 10.1. The molecule has 0 fully saturated rings. The van der Waals surface area contributed by atoms with E-state index in [1.807, 2.05) is 0 Å². The van der Waals surface area contributed by atoms with Crippen LogP contribution >= 0.6 is 0 Å².